The molecule has 0 aliphatic heterocycles. The van der Waals surface area contributed by atoms with Crippen LogP contribution in [0.5, 0.6) is 11.5 Å². The van der Waals surface area contributed by atoms with Crippen molar-refractivity contribution in [3.05, 3.63) is 54.1 Å². The highest BCUT2D eigenvalue weighted by Gasteiger charge is 2.22. The fraction of sp³-hybridized carbons (Fsp3) is 0.350. The number of methoxy groups -OCH3 is 1. The van der Waals surface area contributed by atoms with Crippen LogP contribution in [0.15, 0.2) is 48.5 Å². The number of hydrogen-bond donors (Lipinski definition) is 1. The van der Waals surface area contributed by atoms with Crippen LogP contribution in [0.25, 0.3) is 0 Å². The summed E-state index contributed by atoms with van der Waals surface area (Å²) in [5, 5.41) is 2.83. The molecule has 0 unspecified atom stereocenters. The Morgan fingerprint density at radius 1 is 1.07 bits per heavy atom. The number of anilines is 1. The Morgan fingerprint density at radius 3 is 2.14 bits per heavy atom. The molecule has 0 fully saturated rings. The summed E-state index contributed by atoms with van der Waals surface area (Å²) in [4.78, 5) is 12.5. The quantitative estimate of drug-likeness (QED) is 0.692. The molecule has 152 valence electrons. The first-order valence-electron chi connectivity index (χ1n) is 8.88. The van der Waals surface area contributed by atoms with Crippen LogP contribution < -0.4 is 19.1 Å². The molecule has 7 nitrogen and oxygen atoms in total. The summed E-state index contributed by atoms with van der Waals surface area (Å²) in [6.07, 6.45) is 1.07. The fourth-order valence-corrected chi connectivity index (χ4v) is 3.53. The monoisotopic (exact) mass is 406 g/mol. The molecule has 0 bridgehead atoms. The number of ether oxygens (including phenoxy) is 2. The van der Waals surface area contributed by atoms with Gasteiger partial charge in [-0.1, -0.05) is 12.1 Å². The van der Waals surface area contributed by atoms with E-state index < -0.39 is 15.9 Å². The van der Waals surface area contributed by atoms with Crippen molar-refractivity contribution in [3.63, 3.8) is 0 Å². The van der Waals surface area contributed by atoms with Crippen LogP contribution in [0, 0.1) is 0 Å². The third-order valence-corrected chi connectivity index (χ3v) is 5.26. The van der Waals surface area contributed by atoms with Gasteiger partial charge in [0.15, 0.2) is 0 Å². The van der Waals surface area contributed by atoms with E-state index in [9.17, 15) is 13.2 Å². The van der Waals surface area contributed by atoms with Crippen molar-refractivity contribution < 1.29 is 22.7 Å². The number of sulfonamides is 1. The average Bonchev–Trinajstić information content (AvgIpc) is 2.66. The summed E-state index contributed by atoms with van der Waals surface area (Å²) in [6, 6.07) is 13.6. The van der Waals surface area contributed by atoms with Crippen LogP contribution in [-0.2, 0) is 14.8 Å². The Balaban J connectivity index is 2.08. The van der Waals surface area contributed by atoms with Gasteiger partial charge in [-0.15, -0.1) is 0 Å². The summed E-state index contributed by atoms with van der Waals surface area (Å²) in [6.45, 7) is 4.02. The molecule has 1 N–H and O–H groups in total. The first-order valence-corrected chi connectivity index (χ1v) is 10.7. The zero-order valence-corrected chi connectivity index (χ0v) is 17.3. The molecule has 0 aliphatic rings. The summed E-state index contributed by atoms with van der Waals surface area (Å²) in [5.41, 5.74) is 1.29. The molecular weight excluding hydrogens is 380 g/mol. The Kier molecular flexibility index (Phi) is 7.28. The van der Waals surface area contributed by atoms with Gasteiger partial charge in [-0.05, 0) is 55.8 Å². The van der Waals surface area contributed by atoms with Crippen molar-refractivity contribution in [3.8, 4) is 11.5 Å². The first-order chi connectivity index (χ1) is 13.2. The van der Waals surface area contributed by atoms with Crippen LogP contribution in [-0.4, -0.2) is 40.8 Å². The largest absolute Gasteiger partial charge is 0.497 e. The molecule has 0 aromatic heterocycles. The number of hydrogen-bond acceptors (Lipinski definition) is 5. The van der Waals surface area contributed by atoms with Gasteiger partial charge < -0.3 is 14.8 Å². The van der Waals surface area contributed by atoms with Gasteiger partial charge in [-0.25, -0.2) is 8.42 Å². The van der Waals surface area contributed by atoms with E-state index in [1.807, 2.05) is 38.1 Å². The van der Waals surface area contributed by atoms with E-state index in [1.54, 1.807) is 24.3 Å². The third-order valence-electron chi connectivity index (χ3n) is 4.12. The molecule has 28 heavy (non-hydrogen) atoms. The van der Waals surface area contributed by atoms with Crippen LogP contribution in [0.2, 0.25) is 0 Å². The number of nitrogens with zero attached hydrogens (tertiary/aromatic N) is 1. The number of amides is 1. The first kappa shape index (κ1) is 21.6. The number of carbonyl (C=O) groups is 1. The highest BCUT2D eigenvalue weighted by molar-refractivity contribution is 7.92. The molecule has 0 saturated carbocycles. The van der Waals surface area contributed by atoms with Gasteiger partial charge in [0.05, 0.1) is 31.7 Å². The maximum Gasteiger partial charge on any atom is 0.241 e. The topological polar surface area (TPSA) is 84.9 Å². The van der Waals surface area contributed by atoms with Crippen molar-refractivity contribution in [1.82, 2.24) is 5.32 Å². The molecule has 2 aromatic rings. The number of carbonyl (C=O) groups excluding carboxylic acids is 1. The Bertz CT molecular complexity index is 880. The molecule has 8 heteroatoms. The van der Waals surface area contributed by atoms with E-state index in [0.717, 1.165) is 21.9 Å². The molecular formula is C20H26N2O5S. The fourth-order valence-electron chi connectivity index (χ4n) is 2.67. The SMILES string of the molecule is CCOc1ccc([C@H](C)NC(=O)CN(c2ccc(OC)cc2)S(C)(=O)=O)cc1. The zero-order valence-electron chi connectivity index (χ0n) is 16.5. The lowest BCUT2D eigenvalue weighted by atomic mass is 10.1. The Labute approximate surface area is 166 Å². The Hall–Kier alpha value is -2.74. The minimum atomic E-state index is -3.63. The molecule has 2 rings (SSSR count). The molecule has 0 radical (unpaired) electrons. The molecule has 2 aromatic carbocycles. The van der Waals surface area contributed by atoms with Crippen LogP contribution >= 0.6 is 0 Å². The van der Waals surface area contributed by atoms with Gasteiger partial charge in [0.1, 0.15) is 18.0 Å². The van der Waals surface area contributed by atoms with Crippen LogP contribution in [0.1, 0.15) is 25.5 Å². The minimum absolute atomic E-state index is 0.277. The molecule has 1 atom stereocenters. The molecule has 0 saturated heterocycles. The van der Waals surface area contributed by atoms with E-state index in [1.165, 1.54) is 7.11 Å². The minimum Gasteiger partial charge on any atom is -0.497 e. The summed E-state index contributed by atoms with van der Waals surface area (Å²) < 4.78 is 35.9. The van der Waals surface area contributed by atoms with Crippen molar-refractivity contribution in [1.29, 1.82) is 0 Å². The average molecular weight is 407 g/mol. The second kappa shape index (κ2) is 9.45. The van der Waals surface area contributed by atoms with Crippen LogP contribution in [0.4, 0.5) is 5.69 Å². The predicted molar refractivity (Wildman–Crippen MR) is 109 cm³/mol. The van der Waals surface area contributed by atoms with Gasteiger partial charge in [0.25, 0.3) is 0 Å². The molecule has 0 spiro atoms. The van der Waals surface area contributed by atoms with Gasteiger partial charge in [-0.2, -0.15) is 0 Å². The van der Waals surface area contributed by atoms with Crippen molar-refractivity contribution >= 4 is 21.6 Å². The Morgan fingerprint density at radius 2 is 1.64 bits per heavy atom. The highest BCUT2D eigenvalue weighted by atomic mass is 32.2. The molecule has 1 amide bonds. The molecule has 0 heterocycles. The lowest BCUT2D eigenvalue weighted by molar-refractivity contribution is -0.120. The summed E-state index contributed by atoms with van der Waals surface area (Å²) in [7, 11) is -2.10. The standard InChI is InChI=1S/C20H26N2O5S/c1-5-27-19-10-6-16(7-11-19)15(2)21-20(23)14-22(28(4,24)25)17-8-12-18(26-3)13-9-17/h6-13,15H,5,14H2,1-4H3,(H,21,23)/t15-/m0/s1. The molecule has 0 aliphatic carbocycles. The van der Waals surface area contributed by atoms with E-state index in [0.29, 0.717) is 18.0 Å². The lowest BCUT2D eigenvalue weighted by Crippen LogP contribution is -2.41. The van der Waals surface area contributed by atoms with Gasteiger partial charge in [0, 0.05) is 0 Å². The normalized spacial score (nSPS) is 12.1. The summed E-state index contributed by atoms with van der Waals surface area (Å²) in [5.74, 6) is 0.959. The van der Waals surface area contributed by atoms with Crippen molar-refractivity contribution in [2.24, 2.45) is 0 Å². The van der Waals surface area contributed by atoms with Crippen molar-refractivity contribution in [2.45, 2.75) is 19.9 Å². The van der Waals surface area contributed by atoms with E-state index in [4.69, 9.17) is 9.47 Å². The maximum absolute atomic E-state index is 12.5. The van der Waals surface area contributed by atoms with E-state index in [2.05, 4.69) is 5.32 Å². The third kappa shape index (κ3) is 5.88. The van der Waals surface area contributed by atoms with E-state index in [-0.39, 0.29) is 12.6 Å². The zero-order chi connectivity index (χ0) is 20.7. The van der Waals surface area contributed by atoms with Gasteiger partial charge in [-0.3, -0.25) is 9.10 Å². The summed E-state index contributed by atoms with van der Waals surface area (Å²) >= 11 is 0. The highest BCUT2D eigenvalue weighted by Crippen LogP contribution is 2.22. The van der Waals surface area contributed by atoms with E-state index >= 15 is 0 Å². The lowest BCUT2D eigenvalue weighted by Gasteiger charge is -2.23. The maximum atomic E-state index is 12.5. The smallest absolute Gasteiger partial charge is 0.241 e. The second-order valence-corrected chi connectivity index (χ2v) is 8.17. The van der Waals surface area contributed by atoms with Crippen LogP contribution in [0.3, 0.4) is 0 Å². The van der Waals surface area contributed by atoms with Crippen molar-refractivity contribution in [2.75, 3.05) is 30.8 Å². The number of nitrogens with one attached hydrogen (secondary N) is 1. The van der Waals surface area contributed by atoms with Gasteiger partial charge >= 0.3 is 0 Å². The number of benzene rings is 2. The van der Waals surface area contributed by atoms with Gasteiger partial charge in [0.2, 0.25) is 15.9 Å². The predicted octanol–water partition coefficient (Wildman–Crippen LogP) is 2.74. The second-order valence-electron chi connectivity index (χ2n) is 6.26. The number of rotatable bonds is 9.